The van der Waals surface area contributed by atoms with Crippen molar-refractivity contribution in [1.82, 2.24) is 0 Å². The molecule has 3 rings (SSSR count). The highest BCUT2D eigenvalue weighted by atomic mass is 16.5. The quantitative estimate of drug-likeness (QED) is 0.843. The molecule has 1 aliphatic rings. The fourth-order valence-corrected chi connectivity index (χ4v) is 2.69. The Bertz CT molecular complexity index is 768. The predicted octanol–water partition coefficient (Wildman–Crippen LogP) is 3.19. The van der Waals surface area contributed by atoms with Crippen LogP contribution < -0.4 is 10.1 Å². The van der Waals surface area contributed by atoms with E-state index in [4.69, 9.17) is 9.47 Å². The number of ether oxygens (including phenoxy) is 2. The zero-order valence-corrected chi connectivity index (χ0v) is 13.6. The Morgan fingerprint density at radius 2 is 1.96 bits per heavy atom. The number of hydrogen-bond donors (Lipinski definition) is 2. The molecule has 0 aliphatic carbocycles. The van der Waals surface area contributed by atoms with Gasteiger partial charge < -0.3 is 19.9 Å². The number of carbonyl (C=O) groups is 2. The molecule has 1 fully saturated rings. The second kappa shape index (κ2) is 7.81. The van der Waals surface area contributed by atoms with Crippen LogP contribution in [-0.2, 0) is 4.74 Å². The van der Waals surface area contributed by atoms with E-state index in [-0.39, 0.29) is 17.2 Å². The van der Waals surface area contributed by atoms with Crippen LogP contribution in [0.2, 0.25) is 0 Å². The van der Waals surface area contributed by atoms with Gasteiger partial charge in [0.15, 0.2) is 0 Å². The van der Waals surface area contributed by atoms with E-state index in [2.05, 4.69) is 5.32 Å². The number of hydrogen-bond acceptors (Lipinski definition) is 4. The summed E-state index contributed by atoms with van der Waals surface area (Å²) >= 11 is 0. The third kappa shape index (κ3) is 4.36. The van der Waals surface area contributed by atoms with E-state index in [0.717, 1.165) is 19.4 Å². The number of rotatable bonds is 6. The third-order valence-corrected chi connectivity index (χ3v) is 3.95. The fraction of sp³-hybridized carbons (Fsp3) is 0.263. The van der Waals surface area contributed by atoms with Crippen LogP contribution in [0.3, 0.4) is 0 Å². The smallest absolute Gasteiger partial charge is 0.336 e. The number of benzene rings is 2. The average Bonchev–Trinajstić information content (AvgIpc) is 3.14. The molecule has 1 amide bonds. The molecule has 25 heavy (non-hydrogen) atoms. The summed E-state index contributed by atoms with van der Waals surface area (Å²) in [5.41, 5.74) is 0.612. The molecule has 6 heteroatoms. The molecular formula is C19H19NO5. The van der Waals surface area contributed by atoms with Gasteiger partial charge in [0, 0.05) is 18.4 Å². The number of carbonyl (C=O) groups excluding carboxylic acids is 1. The molecule has 1 atom stereocenters. The highest BCUT2D eigenvalue weighted by molar-refractivity contribution is 6.10. The zero-order valence-electron chi connectivity index (χ0n) is 13.6. The topological polar surface area (TPSA) is 84.9 Å². The van der Waals surface area contributed by atoms with Crippen molar-refractivity contribution in [1.29, 1.82) is 0 Å². The molecule has 0 radical (unpaired) electrons. The first-order valence-corrected chi connectivity index (χ1v) is 8.11. The molecule has 0 bridgehead atoms. The van der Waals surface area contributed by atoms with Crippen molar-refractivity contribution >= 4 is 17.6 Å². The van der Waals surface area contributed by atoms with Crippen molar-refractivity contribution in [3.63, 3.8) is 0 Å². The van der Waals surface area contributed by atoms with Crippen LogP contribution in [0.1, 0.15) is 33.6 Å². The van der Waals surface area contributed by atoms with Crippen LogP contribution in [0, 0.1) is 0 Å². The van der Waals surface area contributed by atoms with Gasteiger partial charge in [-0.3, -0.25) is 4.79 Å². The van der Waals surface area contributed by atoms with Crippen LogP contribution >= 0.6 is 0 Å². The van der Waals surface area contributed by atoms with Crippen molar-refractivity contribution in [2.45, 2.75) is 18.9 Å². The van der Waals surface area contributed by atoms with E-state index in [9.17, 15) is 14.7 Å². The molecule has 2 aromatic rings. The van der Waals surface area contributed by atoms with Crippen LogP contribution in [0.5, 0.6) is 5.75 Å². The molecule has 0 spiro atoms. The molecule has 1 heterocycles. The second-order valence-electron chi connectivity index (χ2n) is 5.78. The number of nitrogens with one attached hydrogen (secondary N) is 1. The second-order valence-corrected chi connectivity index (χ2v) is 5.78. The minimum absolute atomic E-state index is 0.0363. The summed E-state index contributed by atoms with van der Waals surface area (Å²) < 4.78 is 11.2. The number of anilines is 1. The maximum atomic E-state index is 12.4. The zero-order chi connectivity index (χ0) is 17.6. The summed E-state index contributed by atoms with van der Waals surface area (Å²) in [7, 11) is 0. The van der Waals surface area contributed by atoms with Gasteiger partial charge in [-0.25, -0.2) is 4.79 Å². The summed E-state index contributed by atoms with van der Waals surface area (Å²) in [6.07, 6.45) is 2.15. The third-order valence-electron chi connectivity index (χ3n) is 3.95. The predicted molar refractivity (Wildman–Crippen MR) is 92.3 cm³/mol. The monoisotopic (exact) mass is 341 g/mol. The fourth-order valence-electron chi connectivity index (χ4n) is 2.69. The lowest BCUT2D eigenvalue weighted by Crippen LogP contribution is -2.17. The number of carboxylic acid groups (broad SMARTS) is 1. The van der Waals surface area contributed by atoms with Gasteiger partial charge in [-0.05, 0) is 37.1 Å². The Kier molecular flexibility index (Phi) is 5.30. The van der Waals surface area contributed by atoms with E-state index >= 15 is 0 Å². The molecule has 2 aromatic carbocycles. The normalized spacial score (nSPS) is 16.4. The van der Waals surface area contributed by atoms with E-state index < -0.39 is 11.9 Å². The van der Waals surface area contributed by atoms with Gasteiger partial charge in [0.25, 0.3) is 5.91 Å². The molecule has 1 saturated heterocycles. The van der Waals surface area contributed by atoms with Crippen molar-refractivity contribution < 1.29 is 24.2 Å². The Morgan fingerprint density at radius 3 is 2.68 bits per heavy atom. The van der Waals surface area contributed by atoms with Crippen molar-refractivity contribution in [2.24, 2.45) is 0 Å². The van der Waals surface area contributed by atoms with Crippen LogP contribution in [0.15, 0.2) is 48.5 Å². The molecule has 0 aromatic heterocycles. The molecule has 0 saturated carbocycles. The lowest BCUT2D eigenvalue weighted by atomic mass is 10.1. The van der Waals surface area contributed by atoms with E-state index in [1.807, 2.05) is 0 Å². The van der Waals surface area contributed by atoms with Gasteiger partial charge in [-0.15, -0.1) is 0 Å². The SMILES string of the molecule is O=C(O)c1ccccc1C(=O)Nc1cccc(OCC2CCCO2)c1. The highest BCUT2D eigenvalue weighted by Crippen LogP contribution is 2.21. The summed E-state index contributed by atoms with van der Waals surface area (Å²) in [5.74, 6) is -0.992. The maximum Gasteiger partial charge on any atom is 0.336 e. The van der Waals surface area contributed by atoms with Gasteiger partial charge >= 0.3 is 5.97 Å². The van der Waals surface area contributed by atoms with Crippen molar-refractivity contribution in [3.05, 3.63) is 59.7 Å². The maximum absolute atomic E-state index is 12.4. The summed E-state index contributed by atoms with van der Waals surface area (Å²) in [4.78, 5) is 23.6. The van der Waals surface area contributed by atoms with Crippen LogP contribution in [0.25, 0.3) is 0 Å². The molecule has 2 N–H and O–H groups in total. The summed E-state index contributed by atoms with van der Waals surface area (Å²) in [6.45, 7) is 1.24. The van der Waals surface area contributed by atoms with Gasteiger partial charge in [0.2, 0.25) is 0 Å². The van der Waals surface area contributed by atoms with E-state index in [1.165, 1.54) is 12.1 Å². The van der Waals surface area contributed by atoms with Gasteiger partial charge in [-0.1, -0.05) is 18.2 Å². The number of amides is 1. The number of carboxylic acids is 1. The first-order valence-electron chi connectivity index (χ1n) is 8.11. The molecule has 130 valence electrons. The largest absolute Gasteiger partial charge is 0.491 e. The standard InChI is InChI=1S/C19H19NO5/c21-18(16-8-1-2-9-17(16)19(22)23)20-13-5-3-6-14(11-13)25-12-15-7-4-10-24-15/h1-3,5-6,8-9,11,15H,4,7,10,12H2,(H,20,21)(H,22,23). The highest BCUT2D eigenvalue weighted by Gasteiger charge is 2.17. The van der Waals surface area contributed by atoms with Gasteiger partial charge in [0.05, 0.1) is 17.2 Å². The van der Waals surface area contributed by atoms with Crippen LogP contribution in [-0.4, -0.2) is 36.3 Å². The molecule has 1 aliphatic heterocycles. The van der Waals surface area contributed by atoms with Crippen molar-refractivity contribution in [3.8, 4) is 5.75 Å². The molecule has 6 nitrogen and oxygen atoms in total. The minimum atomic E-state index is -1.14. The van der Waals surface area contributed by atoms with Gasteiger partial charge in [-0.2, -0.15) is 0 Å². The first-order chi connectivity index (χ1) is 12.1. The Labute approximate surface area is 145 Å². The first kappa shape index (κ1) is 17.0. The Balaban J connectivity index is 1.67. The molecule has 1 unspecified atom stereocenters. The van der Waals surface area contributed by atoms with Crippen LogP contribution in [0.4, 0.5) is 5.69 Å². The summed E-state index contributed by atoms with van der Waals surface area (Å²) in [5, 5.41) is 11.9. The summed E-state index contributed by atoms with van der Waals surface area (Å²) in [6, 6.07) is 13.1. The van der Waals surface area contributed by atoms with Gasteiger partial charge in [0.1, 0.15) is 12.4 Å². The lowest BCUT2D eigenvalue weighted by molar-refractivity contribution is 0.0679. The number of aromatic carboxylic acids is 1. The Morgan fingerprint density at radius 1 is 1.16 bits per heavy atom. The Hall–Kier alpha value is -2.86. The lowest BCUT2D eigenvalue weighted by Gasteiger charge is -2.13. The molecular weight excluding hydrogens is 322 g/mol. The van der Waals surface area contributed by atoms with E-state index in [0.29, 0.717) is 18.0 Å². The average molecular weight is 341 g/mol. The van der Waals surface area contributed by atoms with E-state index in [1.54, 1.807) is 36.4 Å². The minimum Gasteiger partial charge on any atom is -0.491 e. The van der Waals surface area contributed by atoms with Crippen molar-refractivity contribution in [2.75, 3.05) is 18.5 Å².